The van der Waals surface area contributed by atoms with Crippen LogP contribution >= 0.6 is 0 Å². The van der Waals surface area contributed by atoms with Crippen LogP contribution in [0.2, 0.25) is 0 Å². The number of primary amides is 1. The van der Waals surface area contributed by atoms with Crippen LogP contribution in [0.3, 0.4) is 0 Å². The first-order chi connectivity index (χ1) is 8.32. The summed E-state index contributed by atoms with van der Waals surface area (Å²) in [5, 5.41) is 2.95. The number of carbonyl (C=O) groups excluding carboxylic acids is 2. The van der Waals surface area contributed by atoms with E-state index in [1.54, 1.807) is 33.2 Å². The van der Waals surface area contributed by atoms with Crippen LogP contribution in [0.4, 0.5) is 11.4 Å². The molecular formula is C12H18N4O2. The lowest BCUT2D eigenvalue weighted by atomic mass is 10.1. The molecule has 1 aromatic carbocycles. The Morgan fingerprint density at radius 3 is 2.44 bits per heavy atom. The first-order valence-electron chi connectivity index (χ1n) is 5.50. The summed E-state index contributed by atoms with van der Waals surface area (Å²) >= 11 is 0. The zero-order valence-electron chi connectivity index (χ0n) is 10.7. The molecule has 1 rings (SSSR count). The van der Waals surface area contributed by atoms with E-state index < -0.39 is 11.9 Å². The van der Waals surface area contributed by atoms with Crippen molar-refractivity contribution in [2.75, 3.05) is 25.1 Å². The van der Waals surface area contributed by atoms with Crippen molar-refractivity contribution in [2.45, 2.75) is 13.0 Å². The molecule has 0 saturated carbocycles. The smallest absolute Gasteiger partial charge is 0.250 e. The van der Waals surface area contributed by atoms with E-state index in [9.17, 15) is 9.59 Å². The molecule has 0 saturated heterocycles. The van der Waals surface area contributed by atoms with Gasteiger partial charge in [0, 0.05) is 25.5 Å². The lowest BCUT2D eigenvalue weighted by Crippen LogP contribution is -2.37. The summed E-state index contributed by atoms with van der Waals surface area (Å²) in [6, 6.07) is 4.30. The zero-order chi connectivity index (χ0) is 13.9. The molecule has 18 heavy (non-hydrogen) atoms. The van der Waals surface area contributed by atoms with Gasteiger partial charge in [-0.05, 0) is 25.1 Å². The fourth-order valence-corrected chi connectivity index (χ4v) is 1.57. The second-order valence-corrected chi connectivity index (χ2v) is 4.27. The highest BCUT2D eigenvalue weighted by Crippen LogP contribution is 2.19. The van der Waals surface area contributed by atoms with Gasteiger partial charge in [-0.2, -0.15) is 0 Å². The highest BCUT2D eigenvalue weighted by molar-refractivity contribution is 6.00. The summed E-state index contributed by atoms with van der Waals surface area (Å²) in [5.74, 6) is -0.684. The maximum absolute atomic E-state index is 11.7. The Morgan fingerprint density at radius 2 is 1.94 bits per heavy atom. The van der Waals surface area contributed by atoms with Crippen LogP contribution in [0.15, 0.2) is 18.2 Å². The molecule has 0 radical (unpaired) electrons. The van der Waals surface area contributed by atoms with Crippen molar-refractivity contribution in [3.8, 4) is 0 Å². The standard InChI is InChI=1S/C12H18N4O2/c1-7(12(18)16(2)3)15-10-5-4-8(13)6-9(10)11(14)17/h4-7,15H,13H2,1-3H3,(H2,14,17). The van der Waals surface area contributed by atoms with Crippen LogP contribution in [0.5, 0.6) is 0 Å². The van der Waals surface area contributed by atoms with Crippen molar-refractivity contribution in [1.82, 2.24) is 4.90 Å². The Kier molecular flexibility index (Phi) is 4.14. The number of hydrogen-bond donors (Lipinski definition) is 3. The second-order valence-electron chi connectivity index (χ2n) is 4.27. The molecule has 98 valence electrons. The molecule has 6 heteroatoms. The third-order valence-electron chi connectivity index (χ3n) is 2.49. The van der Waals surface area contributed by atoms with Gasteiger partial charge in [0.15, 0.2) is 0 Å². The number of carbonyl (C=O) groups is 2. The summed E-state index contributed by atoms with van der Waals surface area (Å²) in [5.41, 5.74) is 12.1. The van der Waals surface area contributed by atoms with Gasteiger partial charge in [-0.1, -0.05) is 0 Å². The van der Waals surface area contributed by atoms with Crippen LogP contribution < -0.4 is 16.8 Å². The van der Waals surface area contributed by atoms with Gasteiger partial charge in [0.2, 0.25) is 5.91 Å². The Morgan fingerprint density at radius 1 is 1.33 bits per heavy atom. The van der Waals surface area contributed by atoms with Gasteiger partial charge in [-0.3, -0.25) is 9.59 Å². The van der Waals surface area contributed by atoms with E-state index in [0.29, 0.717) is 11.4 Å². The first-order valence-corrected chi connectivity index (χ1v) is 5.50. The third kappa shape index (κ3) is 3.13. The molecule has 1 aromatic rings. The highest BCUT2D eigenvalue weighted by atomic mass is 16.2. The summed E-state index contributed by atoms with van der Waals surface area (Å²) in [4.78, 5) is 24.5. The zero-order valence-corrected chi connectivity index (χ0v) is 10.7. The fourth-order valence-electron chi connectivity index (χ4n) is 1.57. The van der Waals surface area contributed by atoms with Crippen molar-refractivity contribution in [2.24, 2.45) is 5.73 Å². The van der Waals surface area contributed by atoms with Crippen LogP contribution in [0.25, 0.3) is 0 Å². The van der Waals surface area contributed by atoms with Crippen molar-refractivity contribution < 1.29 is 9.59 Å². The topological polar surface area (TPSA) is 101 Å². The molecular weight excluding hydrogens is 232 g/mol. The van der Waals surface area contributed by atoms with Gasteiger partial charge in [0.05, 0.1) is 5.56 Å². The molecule has 0 fully saturated rings. The van der Waals surface area contributed by atoms with Crippen LogP contribution in [0, 0.1) is 0 Å². The molecule has 0 aliphatic carbocycles. The molecule has 0 bridgehead atoms. The average Bonchev–Trinajstić information content (AvgIpc) is 2.29. The first kappa shape index (κ1) is 13.8. The molecule has 0 aliphatic heterocycles. The molecule has 5 N–H and O–H groups in total. The number of rotatable bonds is 4. The Bertz CT molecular complexity index is 471. The molecule has 0 spiro atoms. The minimum atomic E-state index is -0.589. The summed E-state index contributed by atoms with van der Waals surface area (Å²) < 4.78 is 0. The van der Waals surface area contributed by atoms with Crippen LogP contribution in [-0.4, -0.2) is 36.9 Å². The van der Waals surface area contributed by atoms with Crippen molar-refractivity contribution in [3.63, 3.8) is 0 Å². The number of hydrogen-bond acceptors (Lipinski definition) is 4. The quantitative estimate of drug-likeness (QED) is 0.667. The van der Waals surface area contributed by atoms with E-state index in [1.165, 1.54) is 11.0 Å². The van der Waals surface area contributed by atoms with Gasteiger partial charge in [-0.15, -0.1) is 0 Å². The summed E-state index contributed by atoms with van der Waals surface area (Å²) in [6.07, 6.45) is 0. The number of nitrogens with two attached hydrogens (primary N) is 2. The predicted octanol–water partition coefficient (Wildman–Crippen LogP) is 0.256. The minimum absolute atomic E-state index is 0.0951. The molecule has 6 nitrogen and oxygen atoms in total. The Labute approximate surface area is 106 Å². The van der Waals surface area contributed by atoms with Crippen molar-refractivity contribution in [1.29, 1.82) is 0 Å². The van der Waals surface area contributed by atoms with Gasteiger partial charge in [0.1, 0.15) is 6.04 Å². The SMILES string of the molecule is CC(Nc1ccc(N)cc1C(N)=O)C(=O)N(C)C. The number of nitrogens with zero attached hydrogens (tertiary/aromatic N) is 1. The summed E-state index contributed by atoms with van der Waals surface area (Å²) in [7, 11) is 3.33. The number of likely N-dealkylation sites (N-methyl/N-ethyl adjacent to an activating group) is 1. The van der Waals surface area contributed by atoms with E-state index in [4.69, 9.17) is 11.5 Å². The van der Waals surface area contributed by atoms with Crippen LogP contribution in [0.1, 0.15) is 17.3 Å². The van der Waals surface area contributed by atoms with Gasteiger partial charge in [0.25, 0.3) is 5.91 Å². The summed E-state index contributed by atoms with van der Waals surface area (Å²) in [6.45, 7) is 1.71. The van der Waals surface area contributed by atoms with Crippen molar-refractivity contribution >= 4 is 23.2 Å². The number of anilines is 2. The maximum atomic E-state index is 11.7. The van der Waals surface area contributed by atoms with Gasteiger partial charge in [-0.25, -0.2) is 0 Å². The molecule has 0 aromatic heterocycles. The second kappa shape index (κ2) is 5.39. The Balaban J connectivity index is 2.97. The van der Waals surface area contributed by atoms with E-state index in [-0.39, 0.29) is 11.5 Å². The lowest BCUT2D eigenvalue weighted by molar-refractivity contribution is -0.129. The molecule has 1 atom stereocenters. The minimum Gasteiger partial charge on any atom is -0.399 e. The highest BCUT2D eigenvalue weighted by Gasteiger charge is 2.17. The lowest BCUT2D eigenvalue weighted by Gasteiger charge is -2.20. The number of amides is 2. The number of benzene rings is 1. The normalized spacial score (nSPS) is 11.7. The van der Waals surface area contributed by atoms with Gasteiger partial charge >= 0.3 is 0 Å². The molecule has 0 aliphatic rings. The molecule has 1 unspecified atom stereocenters. The third-order valence-corrected chi connectivity index (χ3v) is 2.49. The monoisotopic (exact) mass is 250 g/mol. The van der Waals surface area contributed by atoms with E-state index in [1.807, 2.05) is 0 Å². The molecule has 2 amide bonds. The fraction of sp³-hybridized carbons (Fsp3) is 0.333. The van der Waals surface area contributed by atoms with Gasteiger partial charge < -0.3 is 21.7 Å². The van der Waals surface area contributed by atoms with E-state index in [0.717, 1.165) is 0 Å². The molecule has 0 heterocycles. The van der Waals surface area contributed by atoms with Crippen LogP contribution in [-0.2, 0) is 4.79 Å². The van der Waals surface area contributed by atoms with E-state index >= 15 is 0 Å². The predicted molar refractivity (Wildman–Crippen MR) is 71.2 cm³/mol. The van der Waals surface area contributed by atoms with Crippen molar-refractivity contribution in [3.05, 3.63) is 23.8 Å². The maximum Gasteiger partial charge on any atom is 0.250 e. The van der Waals surface area contributed by atoms with E-state index in [2.05, 4.69) is 5.32 Å². The number of nitrogen functional groups attached to an aromatic ring is 1. The number of nitrogens with one attached hydrogen (secondary N) is 1. The average molecular weight is 250 g/mol. The Hall–Kier alpha value is -2.24. The largest absolute Gasteiger partial charge is 0.399 e.